The second-order valence-corrected chi connectivity index (χ2v) is 5.93. The lowest BCUT2D eigenvalue weighted by Crippen LogP contribution is -2.21. The minimum Gasteiger partial charge on any atom is -0.497 e. The fourth-order valence-electron chi connectivity index (χ4n) is 2.54. The number of carbonyl (C=O) groups is 2. The molecule has 8 heteroatoms. The summed E-state index contributed by atoms with van der Waals surface area (Å²) in [4.78, 5) is 27.2. The number of nitrogens with one attached hydrogen (secondary N) is 2. The molecular formula is C19H17ClN2O5. The molecule has 3 rings (SSSR count). The van der Waals surface area contributed by atoms with Crippen LogP contribution in [-0.4, -0.2) is 37.7 Å². The van der Waals surface area contributed by atoms with Crippen molar-refractivity contribution < 1.29 is 23.8 Å². The van der Waals surface area contributed by atoms with Crippen LogP contribution in [0.25, 0.3) is 10.9 Å². The number of methoxy groups -OCH3 is 2. The summed E-state index contributed by atoms with van der Waals surface area (Å²) in [5, 5.41) is 3.59. The van der Waals surface area contributed by atoms with Gasteiger partial charge in [-0.3, -0.25) is 4.79 Å². The van der Waals surface area contributed by atoms with Crippen molar-refractivity contribution >= 4 is 40.1 Å². The number of hydrogen-bond acceptors (Lipinski definition) is 5. The first kappa shape index (κ1) is 18.6. The van der Waals surface area contributed by atoms with Gasteiger partial charge in [-0.2, -0.15) is 0 Å². The fraction of sp³-hybridized carbons (Fsp3) is 0.158. The van der Waals surface area contributed by atoms with Crippen molar-refractivity contribution in [2.75, 3.05) is 26.1 Å². The van der Waals surface area contributed by atoms with Crippen molar-refractivity contribution in [3.05, 3.63) is 53.2 Å². The number of anilines is 1. The fourth-order valence-corrected chi connectivity index (χ4v) is 2.83. The maximum atomic E-state index is 12.2. The summed E-state index contributed by atoms with van der Waals surface area (Å²) in [6, 6.07) is 12.1. The van der Waals surface area contributed by atoms with Gasteiger partial charge in [0.05, 0.1) is 24.9 Å². The predicted molar refractivity (Wildman–Crippen MR) is 102 cm³/mol. The summed E-state index contributed by atoms with van der Waals surface area (Å²) in [5.74, 6) is -0.218. The second kappa shape index (κ2) is 8.01. The number of rotatable bonds is 6. The molecule has 0 aliphatic carbocycles. The van der Waals surface area contributed by atoms with Crippen LogP contribution in [0.5, 0.6) is 11.5 Å². The molecule has 0 spiro atoms. The molecule has 1 heterocycles. The van der Waals surface area contributed by atoms with Crippen LogP contribution in [0.2, 0.25) is 5.02 Å². The number of carbonyl (C=O) groups excluding carboxylic acids is 2. The highest BCUT2D eigenvalue weighted by atomic mass is 35.5. The smallest absolute Gasteiger partial charge is 0.356 e. The van der Waals surface area contributed by atoms with E-state index < -0.39 is 18.5 Å². The van der Waals surface area contributed by atoms with Crippen LogP contribution in [0.4, 0.5) is 5.69 Å². The van der Waals surface area contributed by atoms with Crippen LogP contribution in [-0.2, 0) is 9.53 Å². The molecule has 2 N–H and O–H groups in total. The molecule has 0 saturated heterocycles. The molecule has 0 radical (unpaired) electrons. The molecule has 1 amide bonds. The summed E-state index contributed by atoms with van der Waals surface area (Å²) in [6.07, 6.45) is 0. The largest absolute Gasteiger partial charge is 0.497 e. The molecule has 0 atom stereocenters. The summed E-state index contributed by atoms with van der Waals surface area (Å²) in [7, 11) is 3.00. The Kier molecular flexibility index (Phi) is 5.52. The van der Waals surface area contributed by atoms with E-state index in [1.807, 2.05) is 12.1 Å². The summed E-state index contributed by atoms with van der Waals surface area (Å²) in [6.45, 7) is -0.473. The van der Waals surface area contributed by atoms with Gasteiger partial charge in [-0.05, 0) is 18.2 Å². The third-order valence-electron chi connectivity index (χ3n) is 3.86. The highest BCUT2D eigenvalue weighted by Crippen LogP contribution is 2.29. The Bertz CT molecular complexity index is 999. The number of ether oxygens (including phenoxy) is 3. The minimum atomic E-state index is -0.715. The standard InChI is InChI=1S/C19H17ClN2O5/c1-25-11-7-8-14(15(9-11)26-2)21-16(23)10-27-19(24)18-17(20)12-5-3-4-6-13(12)22-18/h3-9,22H,10H2,1-2H3,(H,21,23). The zero-order valence-corrected chi connectivity index (χ0v) is 15.4. The van der Waals surface area contributed by atoms with Gasteiger partial charge in [0.2, 0.25) is 0 Å². The van der Waals surface area contributed by atoms with E-state index in [9.17, 15) is 9.59 Å². The van der Waals surface area contributed by atoms with Crippen LogP contribution in [0, 0.1) is 0 Å². The van der Waals surface area contributed by atoms with Crippen LogP contribution in [0.1, 0.15) is 10.5 Å². The average molecular weight is 389 g/mol. The highest BCUT2D eigenvalue weighted by Gasteiger charge is 2.19. The molecule has 1 aromatic heterocycles. The molecule has 0 aliphatic heterocycles. The molecule has 27 heavy (non-hydrogen) atoms. The third-order valence-corrected chi connectivity index (χ3v) is 4.26. The number of fused-ring (bicyclic) bond motifs is 1. The quantitative estimate of drug-likeness (QED) is 0.629. The van der Waals surface area contributed by atoms with Gasteiger partial charge in [-0.1, -0.05) is 29.8 Å². The van der Waals surface area contributed by atoms with Crippen LogP contribution in [0.3, 0.4) is 0 Å². The van der Waals surface area contributed by atoms with E-state index in [1.54, 1.807) is 30.3 Å². The summed E-state index contributed by atoms with van der Waals surface area (Å²) in [5.41, 5.74) is 1.25. The van der Waals surface area contributed by atoms with Crippen LogP contribution >= 0.6 is 11.6 Å². The highest BCUT2D eigenvalue weighted by molar-refractivity contribution is 6.38. The minimum absolute atomic E-state index is 0.104. The van der Waals surface area contributed by atoms with Crippen molar-refractivity contribution in [2.45, 2.75) is 0 Å². The predicted octanol–water partition coefficient (Wildman–Crippen LogP) is 3.63. The molecule has 0 fully saturated rings. The lowest BCUT2D eigenvalue weighted by Gasteiger charge is -2.11. The first-order chi connectivity index (χ1) is 13.0. The van der Waals surface area contributed by atoms with Gasteiger partial charge in [0.25, 0.3) is 5.91 Å². The Morgan fingerprint density at radius 3 is 2.59 bits per heavy atom. The molecule has 0 unspecified atom stereocenters. The topological polar surface area (TPSA) is 89.6 Å². The lowest BCUT2D eigenvalue weighted by atomic mass is 10.2. The van der Waals surface area contributed by atoms with Crippen molar-refractivity contribution in [2.24, 2.45) is 0 Å². The molecule has 0 saturated carbocycles. The maximum absolute atomic E-state index is 12.2. The molecular weight excluding hydrogens is 372 g/mol. The summed E-state index contributed by atoms with van der Waals surface area (Å²) < 4.78 is 15.4. The Hall–Kier alpha value is -3.19. The van der Waals surface area contributed by atoms with Gasteiger partial charge in [0.1, 0.15) is 17.2 Å². The number of amides is 1. The number of benzene rings is 2. The number of aromatic amines is 1. The molecule has 0 bridgehead atoms. The first-order valence-corrected chi connectivity index (χ1v) is 8.36. The van der Waals surface area contributed by atoms with Gasteiger partial charge in [-0.25, -0.2) is 4.79 Å². The van der Waals surface area contributed by atoms with E-state index in [0.29, 0.717) is 28.1 Å². The van der Waals surface area contributed by atoms with Crippen molar-refractivity contribution in [3.8, 4) is 11.5 Å². The van der Waals surface area contributed by atoms with Gasteiger partial charge in [-0.15, -0.1) is 0 Å². The van der Waals surface area contributed by atoms with Crippen molar-refractivity contribution in [1.29, 1.82) is 0 Å². The number of esters is 1. The normalized spacial score (nSPS) is 10.5. The van der Waals surface area contributed by atoms with E-state index in [2.05, 4.69) is 10.3 Å². The van der Waals surface area contributed by atoms with E-state index in [4.69, 9.17) is 25.8 Å². The SMILES string of the molecule is COc1ccc(NC(=O)COC(=O)c2[nH]c3ccccc3c2Cl)c(OC)c1. The summed E-state index contributed by atoms with van der Waals surface area (Å²) >= 11 is 6.20. The maximum Gasteiger partial charge on any atom is 0.356 e. The van der Waals surface area contributed by atoms with E-state index >= 15 is 0 Å². The second-order valence-electron chi connectivity index (χ2n) is 5.55. The Morgan fingerprint density at radius 2 is 1.89 bits per heavy atom. The average Bonchev–Trinajstić information content (AvgIpc) is 3.03. The lowest BCUT2D eigenvalue weighted by molar-refractivity contribution is -0.119. The number of para-hydroxylation sites is 1. The molecule has 7 nitrogen and oxygen atoms in total. The van der Waals surface area contributed by atoms with E-state index in [0.717, 1.165) is 0 Å². The van der Waals surface area contributed by atoms with Gasteiger partial charge in [0, 0.05) is 17.0 Å². The monoisotopic (exact) mass is 388 g/mol. The van der Waals surface area contributed by atoms with Gasteiger partial charge in [0.15, 0.2) is 6.61 Å². The Labute approximate surface area is 160 Å². The Morgan fingerprint density at radius 1 is 1.11 bits per heavy atom. The Balaban J connectivity index is 1.65. The van der Waals surface area contributed by atoms with Crippen molar-refractivity contribution in [3.63, 3.8) is 0 Å². The molecule has 0 aliphatic rings. The van der Waals surface area contributed by atoms with Gasteiger partial charge >= 0.3 is 5.97 Å². The van der Waals surface area contributed by atoms with Gasteiger partial charge < -0.3 is 24.5 Å². The van der Waals surface area contributed by atoms with E-state index in [1.165, 1.54) is 14.2 Å². The number of hydrogen-bond donors (Lipinski definition) is 2. The number of halogens is 1. The van der Waals surface area contributed by atoms with Crippen LogP contribution in [0.15, 0.2) is 42.5 Å². The van der Waals surface area contributed by atoms with E-state index in [-0.39, 0.29) is 10.7 Å². The van der Waals surface area contributed by atoms with Crippen molar-refractivity contribution in [1.82, 2.24) is 4.98 Å². The van der Waals surface area contributed by atoms with Crippen LogP contribution < -0.4 is 14.8 Å². The first-order valence-electron chi connectivity index (χ1n) is 7.98. The zero-order valence-electron chi connectivity index (χ0n) is 14.7. The number of aromatic nitrogens is 1. The zero-order chi connectivity index (χ0) is 19.4. The number of H-pyrrole nitrogens is 1. The molecule has 140 valence electrons. The molecule has 3 aromatic rings. The third kappa shape index (κ3) is 3.98. The molecule has 2 aromatic carbocycles.